The van der Waals surface area contributed by atoms with Crippen LogP contribution in [0.15, 0.2) is 30.6 Å². The number of hydrogen-bond acceptors (Lipinski definition) is 7. The van der Waals surface area contributed by atoms with E-state index in [1.165, 1.54) is 6.20 Å². The molecule has 0 aliphatic carbocycles. The zero-order valence-corrected chi connectivity index (χ0v) is 11.2. The van der Waals surface area contributed by atoms with Crippen molar-refractivity contribution < 1.29 is 27.6 Å². The highest BCUT2D eigenvalue weighted by molar-refractivity contribution is 7.48. The molecule has 3 rings (SSSR count). The Bertz CT molecular complexity index is 656. The Morgan fingerprint density at radius 3 is 2.79 bits per heavy atom. The fraction of sp³-hybridized carbons (Fsp3) is 0.222. The van der Waals surface area contributed by atoms with E-state index in [9.17, 15) is 14.2 Å². The van der Waals surface area contributed by atoms with Crippen LogP contribution < -0.4 is 0 Å². The molecule has 1 N–H and O–H groups in total. The van der Waals surface area contributed by atoms with Gasteiger partial charge >= 0.3 is 22.5 Å². The Morgan fingerprint density at radius 2 is 2.05 bits per heavy atom. The summed E-state index contributed by atoms with van der Waals surface area (Å²) in [5.74, 6) is -2.26. The number of fused-ring (bicyclic) bond motifs is 1. The maximum absolute atomic E-state index is 11.1. The lowest BCUT2D eigenvalue weighted by Gasteiger charge is -2.15. The first-order chi connectivity index (χ1) is 9.06. The molecule has 1 aliphatic rings. The van der Waals surface area contributed by atoms with E-state index in [-0.39, 0.29) is 6.42 Å². The lowest BCUT2D eigenvalue weighted by Crippen LogP contribution is -2.36. The van der Waals surface area contributed by atoms with Crippen LogP contribution in [0.4, 0.5) is 0 Å². The molecule has 3 heterocycles. The maximum atomic E-state index is 11.1. The molecular weight excluding hydrogens is 294 g/mol. The zero-order valence-electron chi connectivity index (χ0n) is 9.37. The molecule has 0 bridgehead atoms. The molecule has 0 spiro atoms. The summed E-state index contributed by atoms with van der Waals surface area (Å²) in [6.45, 7) is 0. The first-order valence-electron chi connectivity index (χ1n) is 5.20. The second kappa shape index (κ2) is 4.68. The van der Waals surface area contributed by atoms with Crippen molar-refractivity contribution in [3.63, 3.8) is 0 Å². The molecule has 0 aromatic carbocycles. The van der Waals surface area contributed by atoms with Crippen LogP contribution in [0.25, 0.3) is 5.65 Å². The van der Waals surface area contributed by atoms with Crippen LogP contribution in [-0.4, -0.2) is 20.5 Å². The third-order valence-electron chi connectivity index (χ3n) is 2.47. The van der Waals surface area contributed by atoms with Gasteiger partial charge in [-0.1, -0.05) is 6.07 Å². The maximum Gasteiger partial charge on any atom is 0.753 e. The Labute approximate surface area is 108 Å². The molecule has 19 heavy (non-hydrogen) atoms. The first kappa shape index (κ1) is 12.7. The predicted octanol–water partition coefficient (Wildman–Crippen LogP) is 1.90. The van der Waals surface area contributed by atoms with Crippen LogP contribution in [0.5, 0.6) is 0 Å². The summed E-state index contributed by atoms with van der Waals surface area (Å²) >= 11 is 0. The van der Waals surface area contributed by atoms with Gasteiger partial charge in [-0.05, 0) is 21.2 Å². The molecule has 8 nitrogen and oxygen atoms in total. The summed E-state index contributed by atoms with van der Waals surface area (Å²) in [6.07, 6.45) is 3.06. The average Bonchev–Trinajstić information content (AvgIpc) is 2.70. The van der Waals surface area contributed by atoms with E-state index in [0.29, 0.717) is 11.3 Å². The van der Waals surface area contributed by atoms with Gasteiger partial charge in [-0.15, -0.1) is 0 Å². The monoisotopic (exact) mass is 302 g/mol. The third-order valence-corrected chi connectivity index (χ3v) is 4.40. The summed E-state index contributed by atoms with van der Waals surface area (Å²) in [6, 6.07) is 5.38. The fourth-order valence-corrected chi connectivity index (χ4v) is 3.18. The SMILES string of the molecule is O=[P+]1O[P+](=O)OC(O)(Cc2cnc3ccccn23)O1. The minimum absolute atomic E-state index is 0.191. The molecule has 98 valence electrons. The van der Waals surface area contributed by atoms with Gasteiger partial charge in [0, 0.05) is 21.5 Å². The highest BCUT2D eigenvalue weighted by Crippen LogP contribution is 2.51. The lowest BCUT2D eigenvalue weighted by atomic mass is 10.3. The quantitative estimate of drug-likeness (QED) is 0.846. The Hall–Kier alpha value is -1.27. The number of aromatic nitrogens is 2. The molecule has 2 aromatic rings. The number of imidazole rings is 1. The Morgan fingerprint density at radius 1 is 1.32 bits per heavy atom. The highest BCUT2D eigenvalue weighted by atomic mass is 31.2. The Kier molecular flexibility index (Phi) is 3.14. The molecule has 10 heteroatoms. The molecule has 0 amide bonds. The van der Waals surface area contributed by atoms with Gasteiger partial charge in [0.2, 0.25) is 0 Å². The number of rotatable bonds is 2. The van der Waals surface area contributed by atoms with Crippen LogP contribution in [-0.2, 0) is 28.9 Å². The van der Waals surface area contributed by atoms with Crippen molar-refractivity contribution in [2.24, 2.45) is 0 Å². The first-order valence-corrected chi connectivity index (χ1v) is 7.39. The van der Waals surface area contributed by atoms with Gasteiger partial charge < -0.3 is 9.51 Å². The summed E-state index contributed by atoms with van der Waals surface area (Å²) < 4.78 is 37.6. The average molecular weight is 302 g/mol. The van der Waals surface area contributed by atoms with Crippen LogP contribution in [0, 0.1) is 0 Å². The normalized spacial score (nSPS) is 27.8. The number of aliphatic hydroxyl groups is 1. The van der Waals surface area contributed by atoms with Gasteiger partial charge in [-0.3, -0.25) is 0 Å². The van der Waals surface area contributed by atoms with Crippen LogP contribution in [0.3, 0.4) is 0 Å². The highest BCUT2D eigenvalue weighted by Gasteiger charge is 2.61. The summed E-state index contributed by atoms with van der Waals surface area (Å²) in [5, 5.41) is 10.0. The van der Waals surface area contributed by atoms with Crippen molar-refractivity contribution in [3.05, 3.63) is 36.3 Å². The summed E-state index contributed by atoms with van der Waals surface area (Å²) in [4.78, 5) is 4.12. The molecule has 0 radical (unpaired) electrons. The fourth-order valence-electron chi connectivity index (χ4n) is 1.75. The van der Waals surface area contributed by atoms with Crippen molar-refractivity contribution in [2.45, 2.75) is 12.4 Å². The summed E-state index contributed by atoms with van der Waals surface area (Å²) in [7, 11) is -5.36. The Balaban J connectivity index is 1.91. The summed E-state index contributed by atoms with van der Waals surface area (Å²) in [5.41, 5.74) is 1.22. The predicted molar refractivity (Wildman–Crippen MR) is 62.3 cm³/mol. The van der Waals surface area contributed by atoms with Crippen LogP contribution in [0.2, 0.25) is 0 Å². The zero-order chi connectivity index (χ0) is 13.5. The number of pyridine rings is 1. The smallest absolute Gasteiger partial charge is 0.337 e. The van der Waals surface area contributed by atoms with Crippen molar-refractivity contribution in [1.82, 2.24) is 9.38 Å². The molecule has 2 aromatic heterocycles. The number of nitrogens with zero attached hydrogens (tertiary/aromatic N) is 2. The standard InChI is InChI=1S/C9H8N2O6P2/c12-9(15-18(13)17-19(14)16-9)5-7-6-10-8-3-1-2-4-11(7)8/h1-4,6,12H,5H2/q+2. The van der Waals surface area contributed by atoms with Crippen molar-refractivity contribution in [2.75, 3.05) is 0 Å². The number of hydrogen-bond donors (Lipinski definition) is 1. The van der Waals surface area contributed by atoms with E-state index in [1.807, 2.05) is 6.07 Å². The van der Waals surface area contributed by atoms with Crippen molar-refractivity contribution in [3.8, 4) is 0 Å². The van der Waals surface area contributed by atoms with Crippen LogP contribution in [0.1, 0.15) is 5.69 Å². The molecular formula is C9H8N2O6P2+2. The van der Waals surface area contributed by atoms with Gasteiger partial charge in [-0.25, -0.2) is 4.98 Å². The van der Waals surface area contributed by atoms with Gasteiger partial charge in [0.1, 0.15) is 5.65 Å². The molecule has 0 saturated carbocycles. The van der Waals surface area contributed by atoms with Crippen molar-refractivity contribution in [1.29, 1.82) is 0 Å². The minimum Gasteiger partial charge on any atom is -0.337 e. The molecule has 1 fully saturated rings. The van der Waals surface area contributed by atoms with E-state index in [4.69, 9.17) is 0 Å². The van der Waals surface area contributed by atoms with Gasteiger partial charge in [0.25, 0.3) is 0 Å². The van der Waals surface area contributed by atoms with Crippen LogP contribution >= 0.6 is 16.5 Å². The molecule has 2 atom stereocenters. The lowest BCUT2D eigenvalue weighted by molar-refractivity contribution is -0.279. The van der Waals surface area contributed by atoms with E-state index >= 15 is 0 Å². The van der Waals surface area contributed by atoms with Crippen molar-refractivity contribution >= 4 is 22.2 Å². The van der Waals surface area contributed by atoms with E-state index < -0.39 is 22.5 Å². The largest absolute Gasteiger partial charge is 0.753 e. The molecule has 2 unspecified atom stereocenters. The molecule has 1 aliphatic heterocycles. The second-order valence-corrected chi connectivity index (χ2v) is 5.69. The molecule has 1 saturated heterocycles. The second-order valence-electron chi connectivity index (χ2n) is 3.78. The van der Waals surface area contributed by atoms with E-state index in [2.05, 4.69) is 18.3 Å². The third kappa shape index (κ3) is 2.55. The van der Waals surface area contributed by atoms with E-state index in [0.717, 1.165) is 0 Å². The van der Waals surface area contributed by atoms with E-state index in [1.54, 1.807) is 22.7 Å². The van der Waals surface area contributed by atoms with Gasteiger partial charge in [0.05, 0.1) is 12.1 Å². The minimum atomic E-state index is -2.68. The van der Waals surface area contributed by atoms with Gasteiger partial charge in [0.15, 0.2) is 4.31 Å². The van der Waals surface area contributed by atoms with Gasteiger partial charge in [-0.2, -0.15) is 0 Å². The topological polar surface area (TPSA) is 99.4 Å².